The number of anilines is 1. The molecule has 1 heterocycles. The normalized spacial score (nSPS) is 18.9. The largest absolute Gasteiger partial charge is 0.467 e. The number of carbonyl (C=O) groups is 2. The molecule has 3 aromatic carbocycles. The molecule has 5 nitrogen and oxygen atoms in total. The number of benzene rings is 3. The van der Waals surface area contributed by atoms with E-state index in [1.807, 2.05) is 66.7 Å². The summed E-state index contributed by atoms with van der Waals surface area (Å²) in [6.07, 6.45) is 0.485. The van der Waals surface area contributed by atoms with Gasteiger partial charge in [0, 0.05) is 17.5 Å². The van der Waals surface area contributed by atoms with E-state index in [4.69, 9.17) is 4.74 Å². The minimum atomic E-state index is -0.794. The number of methoxy groups -OCH3 is 1. The molecule has 0 unspecified atom stereocenters. The molecule has 0 bridgehead atoms. The lowest BCUT2D eigenvalue weighted by Crippen LogP contribution is -2.42. The van der Waals surface area contributed by atoms with E-state index < -0.39 is 18.1 Å². The summed E-state index contributed by atoms with van der Waals surface area (Å²) in [4.78, 5) is 25.1. The van der Waals surface area contributed by atoms with E-state index >= 15 is 0 Å². The van der Waals surface area contributed by atoms with Crippen molar-refractivity contribution in [1.82, 2.24) is 5.32 Å². The first-order valence-corrected chi connectivity index (χ1v) is 8.87. The Morgan fingerprint density at radius 2 is 1.78 bits per heavy atom. The maximum Gasteiger partial charge on any atom is 0.333 e. The highest BCUT2D eigenvalue weighted by atomic mass is 16.5. The highest BCUT2D eigenvalue weighted by Crippen LogP contribution is 2.28. The lowest BCUT2D eigenvalue weighted by molar-refractivity contribution is -0.145. The van der Waals surface area contributed by atoms with Crippen molar-refractivity contribution < 1.29 is 14.3 Å². The molecule has 27 heavy (non-hydrogen) atoms. The molecule has 2 N–H and O–H groups in total. The van der Waals surface area contributed by atoms with Crippen LogP contribution in [-0.2, 0) is 20.7 Å². The first-order chi connectivity index (χ1) is 13.2. The summed E-state index contributed by atoms with van der Waals surface area (Å²) < 4.78 is 4.89. The number of hydrogen-bond donors (Lipinski definition) is 2. The summed E-state index contributed by atoms with van der Waals surface area (Å²) in [5.74, 6) is -0.698. The Hall–Kier alpha value is -3.34. The van der Waals surface area contributed by atoms with Crippen molar-refractivity contribution in [3.63, 3.8) is 0 Å². The molecule has 0 aromatic heterocycles. The molecule has 1 aliphatic heterocycles. The number of hydrogen-bond acceptors (Lipinski definition) is 4. The minimum Gasteiger partial charge on any atom is -0.467 e. The van der Waals surface area contributed by atoms with Crippen molar-refractivity contribution in [2.45, 2.75) is 18.5 Å². The first kappa shape index (κ1) is 17.1. The molecule has 0 saturated carbocycles. The maximum absolute atomic E-state index is 12.9. The van der Waals surface area contributed by atoms with Crippen LogP contribution in [0.15, 0.2) is 66.7 Å². The summed E-state index contributed by atoms with van der Waals surface area (Å²) in [5.41, 5.74) is 2.62. The third-order valence-corrected chi connectivity index (χ3v) is 4.95. The van der Waals surface area contributed by atoms with Crippen LogP contribution in [0.4, 0.5) is 5.69 Å². The van der Waals surface area contributed by atoms with Crippen LogP contribution >= 0.6 is 0 Å². The average molecular weight is 360 g/mol. The van der Waals surface area contributed by atoms with Gasteiger partial charge in [0.15, 0.2) is 6.04 Å². The molecule has 0 radical (unpaired) electrons. The molecule has 2 atom stereocenters. The van der Waals surface area contributed by atoms with Gasteiger partial charge < -0.3 is 15.4 Å². The number of carbonyl (C=O) groups excluding carboxylic acids is 2. The fraction of sp³-hybridized carbons (Fsp3) is 0.182. The zero-order chi connectivity index (χ0) is 18.8. The molecule has 0 fully saturated rings. The lowest BCUT2D eigenvalue weighted by atomic mass is 9.97. The Balaban J connectivity index is 1.70. The predicted octanol–water partition coefficient (Wildman–Crippen LogP) is 3.21. The van der Waals surface area contributed by atoms with Crippen LogP contribution < -0.4 is 10.6 Å². The van der Waals surface area contributed by atoms with Crippen molar-refractivity contribution >= 4 is 28.3 Å². The number of amides is 1. The van der Waals surface area contributed by atoms with Gasteiger partial charge in [-0.15, -0.1) is 0 Å². The van der Waals surface area contributed by atoms with E-state index in [1.54, 1.807) is 0 Å². The van der Waals surface area contributed by atoms with Crippen molar-refractivity contribution in [1.29, 1.82) is 0 Å². The molecule has 0 saturated heterocycles. The summed E-state index contributed by atoms with van der Waals surface area (Å²) in [5, 5.41) is 8.35. The smallest absolute Gasteiger partial charge is 0.333 e. The van der Waals surface area contributed by atoms with E-state index in [-0.39, 0.29) is 5.91 Å². The number of ether oxygens (including phenoxy) is 1. The maximum atomic E-state index is 12.9. The van der Waals surface area contributed by atoms with Crippen LogP contribution in [0.25, 0.3) is 10.8 Å². The quantitative estimate of drug-likeness (QED) is 0.704. The molecule has 5 heteroatoms. The third kappa shape index (κ3) is 3.24. The fourth-order valence-corrected chi connectivity index (χ4v) is 3.59. The topological polar surface area (TPSA) is 67.4 Å². The summed E-state index contributed by atoms with van der Waals surface area (Å²) >= 11 is 0. The number of fused-ring (bicyclic) bond motifs is 2. The molecule has 0 spiro atoms. The number of esters is 1. The van der Waals surface area contributed by atoms with E-state index in [0.717, 1.165) is 27.6 Å². The van der Waals surface area contributed by atoms with Gasteiger partial charge in [-0.1, -0.05) is 60.7 Å². The standard InChI is InChI=1S/C22H20N2O3/c1-27-22(26)20-17-11-5-3-8-15(17)13-19(21(25)24-20)23-18-12-6-9-14-7-2-4-10-16(14)18/h2-12,19-20,23H,13H2,1H3,(H,24,25)/t19-,20-/m0/s1. The second kappa shape index (κ2) is 7.11. The van der Waals surface area contributed by atoms with Crippen molar-refractivity contribution in [2.24, 2.45) is 0 Å². The van der Waals surface area contributed by atoms with Crippen LogP contribution in [0, 0.1) is 0 Å². The van der Waals surface area contributed by atoms with Gasteiger partial charge in [-0.2, -0.15) is 0 Å². The van der Waals surface area contributed by atoms with Gasteiger partial charge in [-0.05, 0) is 22.6 Å². The Kier molecular flexibility index (Phi) is 4.50. The Bertz CT molecular complexity index is 1010. The van der Waals surface area contributed by atoms with Crippen LogP contribution in [0.3, 0.4) is 0 Å². The van der Waals surface area contributed by atoms with Gasteiger partial charge in [0.1, 0.15) is 6.04 Å². The molecule has 136 valence electrons. The number of nitrogens with one attached hydrogen (secondary N) is 2. The molecular weight excluding hydrogens is 340 g/mol. The molecular formula is C22H20N2O3. The van der Waals surface area contributed by atoms with Crippen LogP contribution in [0.1, 0.15) is 17.2 Å². The summed E-state index contributed by atoms with van der Waals surface area (Å²) in [6.45, 7) is 0. The predicted molar refractivity (Wildman–Crippen MR) is 104 cm³/mol. The molecule has 3 aromatic rings. The highest BCUT2D eigenvalue weighted by Gasteiger charge is 2.33. The molecule has 1 amide bonds. The zero-order valence-corrected chi connectivity index (χ0v) is 14.9. The van der Waals surface area contributed by atoms with Gasteiger partial charge in [0.25, 0.3) is 0 Å². The Morgan fingerprint density at radius 3 is 2.63 bits per heavy atom. The second-order valence-electron chi connectivity index (χ2n) is 6.59. The molecule has 1 aliphatic rings. The van der Waals surface area contributed by atoms with Gasteiger partial charge in [-0.25, -0.2) is 4.79 Å². The summed E-state index contributed by atoms with van der Waals surface area (Å²) in [6, 6.07) is 20.3. The van der Waals surface area contributed by atoms with Gasteiger partial charge in [0.2, 0.25) is 5.91 Å². The van der Waals surface area contributed by atoms with E-state index in [0.29, 0.717) is 6.42 Å². The zero-order valence-electron chi connectivity index (χ0n) is 14.9. The average Bonchev–Trinajstić information content (AvgIpc) is 2.84. The molecule has 0 aliphatic carbocycles. The van der Waals surface area contributed by atoms with Gasteiger partial charge in [0.05, 0.1) is 7.11 Å². The summed E-state index contributed by atoms with van der Waals surface area (Å²) in [7, 11) is 1.33. The lowest BCUT2D eigenvalue weighted by Gasteiger charge is -2.19. The van der Waals surface area contributed by atoms with Crippen LogP contribution in [-0.4, -0.2) is 25.0 Å². The van der Waals surface area contributed by atoms with E-state index in [9.17, 15) is 9.59 Å². The van der Waals surface area contributed by atoms with Crippen molar-refractivity contribution in [3.8, 4) is 0 Å². The van der Waals surface area contributed by atoms with Gasteiger partial charge >= 0.3 is 5.97 Å². The van der Waals surface area contributed by atoms with Crippen molar-refractivity contribution in [2.75, 3.05) is 12.4 Å². The number of rotatable bonds is 3. The first-order valence-electron chi connectivity index (χ1n) is 8.87. The van der Waals surface area contributed by atoms with E-state index in [1.165, 1.54) is 7.11 Å². The van der Waals surface area contributed by atoms with E-state index in [2.05, 4.69) is 10.6 Å². The third-order valence-electron chi connectivity index (χ3n) is 4.95. The fourth-order valence-electron chi connectivity index (χ4n) is 3.59. The van der Waals surface area contributed by atoms with Crippen molar-refractivity contribution in [3.05, 3.63) is 77.9 Å². The monoisotopic (exact) mass is 360 g/mol. The molecule has 4 rings (SSSR count). The second-order valence-corrected chi connectivity index (χ2v) is 6.59. The van der Waals surface area contributed by atoms with Gasteiger partial charge in [-0.3, -0.25) is 4.79 Å². The Morgan fingerprint density at radius 1 is 1.04 bits per heavy atom. The van der Waals surface area contributed by atoms with Crippen LogP contribution in [0.5, 0.6) is 0 Å². The SMILES string of the molecule is COC(=O)[C@H]1NC(=O)[C@@H](Nc2cccc3ccccc23)Cc2ccccc21. The Labute approximate surface area is 157 Å². The van der Waals surface area contributed by atoms with Crippen LogP contribution in [0.2, 0.25) is 0 Å². The minimum absolute atomic E-state index is 0.227. The highest BCUT2D eigenvalue weighted by molar-refractivity contribution is 5.97.